The summed E-state index contributed by atoms with van der Waals surface area (Å²) in [5.41, 5.74) is -0.0603. The molecule has 0 aromatic carbocycles. The van der Waals surface area contributed by atoms with Crippen molar-refractivity contribution in [1.82, 2.24) is 9.80 Å². The fourth-order valence-electron chi connectivity index (χ4n) is 4.11. The van der Waals surface area contributed by atoms with Gasteiger partial charge in [0.1, 0.15) is 6.10 Å². The Balaban J connectivity index is 1.59. The predicted octanol–water partition coefficient (Wildman–Crippen LogP) is 2.57. The molecule has 3 aliphatic heterocycles. The summed E-state index contributed by atoms with van der Waals surface area (Å²) >= 11 is 0. The first-order valence-corrected chi connectivity index (χ1v) is 9.33. The Hall–Kier alpha value is -0.810. The zero-order valence-corrected chi connectivity index (χ0v) is 15.1. The van der Waals surface area contributed by atoms with Gasteiger partial charge in [-0.3, -0.25) is 4.90 Å². The van der Waals surface area contributed by atoms with Crippen LogP contribution in [0.1, 0.15) is 46.0 Å². The van der Waals surface area contributed by atoms with E-state index in [1.807, 2.05) is 0 Å². The Morgan fingerprint density at radius 1 is 1.13 bits per heavy atom. The molecule has 2 fully saturated rings. The maximum absolute atomic E-state index is 6.31. The number of hydrogen-bond donors (Lipinski definition) is 0. The molecule has 0 aliphatic carbocycles. The van der Waals surface area contributed by atoms with E-state index < -0.39 is 0 Å². The summed E-state index contributed by atoms with van der Waals surface area (Å²) in [4.78, 5) is 10.5. The van der Waals surface area contributed by atoms with E-state index in [9.17, 15) is 0 Å². The van der Waals surface area contributed by atoms with Crippen LogP contribution in [-0.2, 0) is 9.57 Å². The number of piperidine rings is 2. The van der Waals surface area contributed by atoms with Gasteiger partial charge in [0.2, 0.25) is 5.90 Å². The van der Waals surface area contributed by atoms with Gasteiger partial charge in [-0.15, -0.1) is 0 Å². The molecule has 0 amide bonds. The Morgan fingerprint density at radius 2 is 1.91 bits per heavy atom. The summed E-state index contributed by atoms with van der Waals surface area (Å²) in [5, 5.41) is 4.30. The fraction of sp³-hybridized carbons (Fsp3) is 0.944. The maximum atomic E-state index is 6.31. The van der Waals surface area contributed by atoms with Gasteiger partial charge in [-0.05, 0) is 58.3 Å². The van der Waals surface area contributed by atoms with Gasteiger partial charge in [-0.25, -0.2) is 0 Å². The van der Waals surface area contributed by atoms with Gasteiger partial charge in [0.15, 0.2) is 6.61 Å². The number of likely N-dealkylation sites (tertiary alicyclic amines) is 2. The van der Waals surface area contributed by atoms with E-state index in [-0.39, 0.29) is 11.5 Å². The van der Waals surface area contributed by atoms with Crippen LogP contribution in [0.5, 0.6) is 0 Å². The normalized spacial score (nSPS) is 31.2. The molecule has 132 valence electrons. The van der Waals surface area contributed by atoms with Crippen LogP contribution >= 0.6 is 0 Å². The third kappa shape index (κ3) is 4.18. The molecule has 2 unspecified atom stereocenters. The molecule has 0 aromatic heterocycles. The van der Waals surface area contributed by atoms with Crippen molar-refractivity contribution in [3.8, 4) is 0 Å². The molecule has 3 heterocycles. The zero-order chi connectivity index (χ0) is 16.3. The van der Waals surface area contributed by atoms with Gasteiger partial charge in [-0.2, -0.15) is 0 Å². The lowest BCUT2D eigenvalue weighted by Crippen LogP contribution is -2.48. The molecule has 2 atom stereocenters. The Labute approximate surface area is 141 Å². The SMILES string of the molecule is CN1CCCC(C(C)(C)C2=NOCC(CN3CCCCC3)O2)C1. The van der Waals surface area contributed by atoms with Crippen LogP contribution < -0.4 is 0 Å². The minimum absolute atomic E-state index is 0.0603. The second-order valence-corrected chi connectivity index (χ2v) is 8.12. The summed E-state index contributed by atoms with van der Waals surface area (Å²) in [6.07, 6.45) is 6.63. The van der Waals surface area contributed by atoms with Gasteiger partial charge in [0, 0.05) is 18.5 Å². The number of rotatable bonds is 4. The van der Waals surface area contributed by atoms with Crippen LogP contribution in [0.3, 0.4) is 0 Å². The molecule has 23 heavy (non-hydrogen) atoms. The summed E-state index contributed by atoms with van der Waals surface area (Å²) in [5.74, 6) is 1.39. The molecular formula is C18H33N3O2. The molecule has 3 aliphatic rings. The van der Waals surface area contributed by atoms with E-state index >= 15 is 0 Å². The quantitative estimate of drug-likeness (QED) is 0.797. The van der Waals surface area contributed by atoms with Gasteiger partial charge in [-0.1, -0.05) is 25.4 Å². The standard InChI is InChI=1S/C18H33N3O2/c1-18(2,15-8-7-9-20(3)12-15)17-19-22-14-16(23-17)13-21-10-5-4-6-11-21/h15-16H,4-14H2,1-3H3. The van der Waals surface area contributed by atoms with E-state index in [0.29, 0.717) is 12.5 Å². The predicted molar refractivity (Wildman–Crippen MR) is 92.6 cm³/mol. The average Bonchev–Trinajstić information content (AvgIpc) is 2.56. The first-order chi connectivity index (χ1) is 11.1. The number of hydrogen-bond acceptors (Lipinski definition) is 5. The highest BCUT2D eigenvalue weighted by Gasteiger charge is 2.41. The van der Waals surface area contributed by atoms with E-state index in [2.05, 4.69) is 35.9 Å². The maximum Gasteiger partial charge on any atom is 0.232 e. The van der Waals surface area contributed by atoms with Crippen LogP contribution in [0.2, 0.25) is 0 Å². The first kappa shape index (κ1) is 17.0. The highest BCUT2D eigenvalue weighted by molar-refractivity contribution is 5.82. The lowest BCUT2D eigenvalue weighted by Gasteiger charge is -2.42. The fourth-order valence-corrected chi connectivity index (χ4v) is 4.11. The lowest BCUT2D eigenvalue weighted by molar-refractivity contribution is -0.0264. The molecule has 0 radical (unpaired) electrons. The number of nitrogens with zero attached hydrogens (tertiary/aromatic N) is 3. The number of ether oxygens (including phenoxy) is 1. The minimum atomic E-state index is -0.0603. The molecule has 5 nitrogen and oxygen atoms in total. The van der Waals surface area contributed by atoms with Crippen LogP contribution in [0.25, 0.3) is 0 Å². The van der Waals surface area contributed by atoms with Crippen molar-refractivity contribution in [2.45, 2.75) is 52.1 Å². The van der Waals surface area contributed by atoms with E-state index in [1.165, 1.54) is 51.7 Å². The molecule has 0 aromatic rings. The van der Waals surface area contributed by atoms with Gasteiger partial charge >= 0.3 is 0 Å². The van der Waals surface area contributed by atoms with Crippen molar-refractivity contribution in [2.24, 2.45) is 16.5 Å². The minimum Gasteiger partial charge on any atom is -0.470 e. The highest BCUT2D eigenvalue weighted by atomic mass is 16.7. The second-order valence-electron chi connectivity index (χ2n) is 8.12. The molecule has 5 heteroatoms. The summed E-state index contributed by atoms with van der Waals surface area (Å²) in [6, 6.07) is 0. The van der Waals surface area contributed by atoms with Crippen molar-refractivity contribution >= 4 is 5.90 Å². The first-order valence-electron chi connectivity index (χ1n) is 9.33. The van der Waals surface area contributed by atoms with Crippen LogP contribution in [0.15, 0.2) is 5.16 Å². The second kappa shape index (κ2) is 7.39. The number of oxime groups is 1. The molecular weight excluding hydrogens is 290 g/mol. The van der Waals surface area contributed by atoms with Crippen molar-refractivity contribution in [1.29, 1.82) is 0 Å². The summed E-state index contributed by atoms with van der Waals surface area (Å²) in [6.45, 7) is 10.8. The smallest absolute Gasteiger partial charge is 0.232 e. The summed E-state index contributed by atoms with van der Waals surface area (Å²) in [7, 11) is 2.21. The molecule has 0 N–H and O–H groups in total. The average molecular weight is 323 g/mol. The zero-order valence-electron chi connectivity index (χ0n) is 15.1. The molecule has 0 saturated carbocycles. The molecule has 3 rings (SSSR count). The monoisotopic (exact) mass is 323 g/mol. The van der Waals surface area contributed by atoms with E-state index in [4.69, 9.17) is 9.57 Å². The largest absolute Gasteiger partial charge is 0.470 e. The Kier molecular flexibility index (Phi) is 5.47. The van der Waals surface area contributed by atoms with Gasteiger partial charge in [0.25, 0.3) is 0 Å². The van der Waals surface area contributed by atoms with Crippen molar-refractivity contribution in [2.75, 3.05) is 46.4 Å². The van der Waals surface area contributed by atoms with Gasteiger partial charge in [0.05, 0.1) is 0 Å². The van der Waals surface area contributed by atoms with Crippen molar-refractivity contribution in [3.05, 3.63) is 0 Å². The van der Waals surface area contributed by atoms with E-state index in [1.54, 1.807) is 0 Å². The van der Waals surface area contributed by atoms with Crippen LogP contribution in [0.4, 0.5) is 0 Å². The molecule has 2 saturated heterocycles. The summed E-state index contributed by atoms with van der Waals surface area (Å²) < 4.78 is 6.31. The third-order valence-electron chi connectivity index (χ3n) is 5.79. The van der Waals surface area contributed by atoms with Crippen molar-refractivity contribution in [3.63, 3.8) is 0 Å². The van der Waals surface area contributed by atoms with Crippen molar-refractivity contribution < 1.29 is 9.57 Å². The topological polar surface area (TPSA) is 37.3 Å². The Morgan fingerprint density at radius 3 is 2.65 bits per heavy atom. The molecule has 0 bridgehead atoms. The lowest BCUT2D eigenvalue weighted by atomic mass is 9.74. The molecule has 0 spiro atoms. The van der Waals surface area contributed by atoms with Crippen LogP contribution in [-0.4, -0.2) is 68.2 Å². The third-order valence-corrected chi connectivity index (χ3v) is 5.79. The van der Waals surface area contributed by atoms with Gasteiger partial charge < -0.3 is 14.5 Å². The van der Waals surface area contributed by atoms with Crippen LogP contribution in [0, 0.1) is 11.3 Å². The Bertz CT molecular complexity index is 418. The highest BCUT2D eigenvalue weighted by Crippen LogP contribution is 2.36. The van der Waals surface area contributed by atoms with E-state index in [0.717, 1.165) is 19.0 Å².